The third-order valence-corrected chi connectivity index (χ3v) is 3.37. The summed E-state index contributed by atoms with van der Waals surface area (Å²) in [4.78, 5) is 23.6. The van der Waals surface area contributed by atoms with Gasteiger partial charge < -0.3 is 20.1 Å². The van der Waals surface area contributed by atoms with Crippen LogP contribution in [0.1, 0.15) is 19.8 Å². The summed E-state index contributed by atoms with van der Waals surface area (Å²) in [5.41, 5.74) is -0.539. The third-order valence-electron chi connectivity index (χ3n) is 3.37. The molecule has 0 aromatic rings. The van der Waals surface area contributed by atoms with Crippen LogP contribution in [0.2, 0.25) is 0 Å². The molecule has 2 N–H and O–H groups in total. The van der Waals surface area contributed by atoms with Crippen molar-refractivity contribution in [3.8, 4) is 0 Å². The van der Waals surface area contributed by atoms with E-state index in [1.807, 2.05) is 0 Å². The minimum Gasteiger partial charge on any atom is -0.467 e. The Kier molecular flexibility index (Phi) is 5.55. The van der Waals surface area contributed by atoms with Gasteiger partial charge in [0.1, 0.15) is 6.04 Å². The standard InChI is InChI=1S/C12H22N2O4/c1-9(10(15)18-3)14-11(16)12(8-17-2)4-6-13-7-5-12/h9,13H,4-8H2,1-3H3,(H,14,16)/t9-/m0/s1. The summed E-state index contributed by atoms with van der Waals surface area (Å²) in [7, 11) is 2.89. The first kappa shape index (κ1) is 14.9. The van der Waals surface area contributed by atoms with Crippen molar-refractivity contribution in [3.05, 3.63) is 0 Å². The van der Waals surface area contributed by atoms with Crippen LogP contribution in [0.15, 0.2) is 0 Å². The number of piperidine rings is 1. The first-order valence-electron chi connectivity index (χ1n) is 6.14. The maximum atomic E-state index is 12.3. The van der Waals surface area contributed by atoms with Crippen molar-refractivity contribution < 1.29 is 19.1 Å². The van der Waals surface area contributed by atoms with E-state index in [4.69, 9.17) is 4.74 Å². The van der Waals surface area contributed by atoms with Gasteiger partial charge in [0.25, 0.3) is 0 Å². The maximum absolute atomic E-state index is 12.3. The first-order chi connectivity index (χ1) is 8.55. The van der Waals surface area contributed by atoms with E-state index in [1.54, 1.807) is 14.0 Å². The molecule has 0 aromatic heterocycles. The van der Waals surface area contributed by atoms with E-state index < -0.39 is 17.4 Å². The van der Waals surface area contributed by atoms with Gasteiger partial charge in [-0.05, 0) is 32.9 Å². The molecule has 6 nitrogen and oxygen atoms in total. The molecule has 104 valence electrons. The Balaban J connectivity index is 2.67. The average Bonchev–Trinajstić information content (AvgIpc) is 2.39. The molecule has 0 bridgehead atoms. The SMILES string of the molecule is COCC1(C(=O)N[C@@H](C)C(=O)OC)CCNCC1. The van der Waals surface area contributed by atoms with E-state index in [-0.39, 0.29) is 5.91 Å². The number of carbonyl (C=O) groups is 2. The molecule has 0 spiro atoms. The Hall–Kier alpha value is -1.14. The van der Waals surface area contributed by atoms with E-state index in [1.165, 1.54) is 7.11 Å². The minimum absolute atomic E-state index is 0.135. The highest BCUT2D eigenvalue weighted by atomic mass is 16.5. The van der Waals surface area contributed by atoms with E-state index in [0.717, 1.165) is 13.1 Å². The third kappa shape index (κ3) is 3.43. The predicted octanol–water partition coefficient (Wildman–Crippen LogP) is -0.320. The van der Waals surface area contributed by atoms with Gasteiger partial charge >= 0.3 is 5.97 Å². The summed E-state index contributed by atoms with van der Waals surface area (Å²) < 4.78 is 9.77. The number of rotatable bonds is 5. The molecule has 0 aromatic carbocycles. The van der Waals surface area contributed by atoms with Crippen molar-refractivity contribution in [3.63, 3.8) is 0 Å². The molecule has 1 atom stereocenters. The van der Waals surface area contributed by atoms with Crippen molar-refractivity contribution in [1.82, 2.24) is 10.6 Å². The Labute approximate surface area is 107 Å². The molecule has 1 amide bonds. The highest BCUT2D eigenvalue weighted by Gasteiger charge is 2.40. The van der Waals surface area contributed by atoms with Gasteiger partial charge in [0.2, 0.25) is 5.91 Å². The molecule has 6 heteroatoms. The Morgan fingerprint density at radius 2 is 1.94 bits per heavy atom. The monoisotopic (exact) mass is 258 g/mol. The summed E-state index contributed by atoms with van der Waals surface area (Å²) in [6, 6.07) is -0.633. The van der Waals surface area contributed by atoms with Crippen molar-refractivity contribution in [2.75, 3.05) is 33.9 Å². The van der Waals surface area contributed by atoms with Crippen LogP contribution in [0.5, 0.6) is 0 Å². The molecule has 1 aliphatic rings. The van der Waals surface area contributed by atoms with E-state index in [9.17, 15) is 9.59 Å². The molecule has 1 rings (SSSR count). The van der Waals surface area contributed by atoms with Crippen molar-refractivity contribution >= 4 is 11.9 Å². The quantitative estimate of drug-likeness (QED) is 0.661. The number of esters is 1. The number of hydrogen-bond donors (Lipinski definition) is 2. The summed E-state index contributed by atoms with van der Waals surface area (Å²) in [5.74, 6) is -0.575. The number of hydrogen-bond acceptors (Lipinski definition) is 5. The molecule has 0 saturated carbocycles. The fourth-order valence-corrected chi connectivity index (χ4v) is 2.20. The topological polar surface area (TPSA) is 76.7 Å². The van der Waals surface area contributed by atoms with E-state index >= 15 is 0 Å². The number of nitrogens with one attached hydrogen (secondary N) is 2. The predicted molar refractivity (Wildman–Crippen MR) is 66.0 cm³/mol. The van der Waals surface area contributed by atoms with Crippen molar-refractivity contribution in [1.29, 1.82) is 0 Å². The Morgan fingerprint density at radius 1 is 1.33 bits per heavy atom. The Bertz CT molecular complexity index is 295. The smallest absolute Gasteiger partial charge is 0.328 e. The zero-order chi connectivity index (χ0) is 13.6. The number of methoxy groups -OCH3 is 2. The molecule has 18 heavy (non-hydrogen) atoms. The minimum atomic E-state index is -0.633. The zero-order valence-corrected chi connectivity index (χ0v) is 11.2. The molecule has 0 radical (unpaired) electrons. The van der Waals surface area contributed by atoms with Gasteiger partial charge in [-0.2, -0.15) is 0 Å². The van der Waals surface area contributed by atoms with Crippen LogP contribution in [0.4, 0.5) is 0 Å². The largest absolute Gasteiger partial charge is 0.467 e. The van der Waals surface area contributed by atoms with Crippen LogP contribution < -0.4 is 10.6 Å². The van der Waals surface area contributed by atoms with Crippen molar-refractivity contribution in [2.45, 2.75) is 25.8 Å². The number of ether oxygens (including phenoxy) is 2. The van der Waals surface area contributed by atoms with Crippen LogP contribution in [0.25, 0.3) is 0 Å². The normalized spacial score (nSPS) is 19.9. The second kappa shape index (κ2) is 6.70. The fourth-order valence-electron chi connectivity index (χ4n) is 2.20. The van der Waals surface area contributed by atoms with Gasteiger partial charge in [-0.25, -0.2) is 4.79 Å². The van der Waals surface area contributed by atoms with Crippen LogP contribution in [-0.4, -0.2) is 51.8 Å². The first-order valence-corrected chi connectivity index (χ1v) is 6.14. The molecule has 1 saturated heterocycles. The molecule has 1 fully saturated rings. The van der Waals surface area contributed by atoms with E-state index in [0.29, 0.717) is 19.4 Å². The van der Waals surface area contributed by atoms with Gasteiger partial charge in [0.15, 0.2) is 0 Å². The van der Waals surface area contributed by atoms with Crippen LogP contribution >= 0.6 is 0 Å². The highest BCUT2D eigenvalue weighted by molar-refractivity contribution is 5.88. The molecule has 1 aliphatic heterocycles. The molecule has 0 unspecified atom stereocenters. The van der Waals surface area contributed by atoms with Crippen LogP contribution in [0.3, 0.4) is 0 Å². The summed E-state index contributed by atoms with van der Waals surface area (Å²) in [5, 5.41) is 5.92. The van der Waals surface area contributed by atoms with Gasteiger partial charge in [0, 0.05) is 7.11 Å². The zero-order valence-electron chi connectivity index (χ0n) is 11.2. The number of carbonyl (C=O) groups excluding carboxylic acids is 2. The van der Waals surface area contributed by atoms with E-state index in [2.05, 4.69) is 15.4 Å². The lowest BCUT2D eigenvalue weighted by atomic mass is 9.78. The summed E-state index contributed by atoms with van der Waals surface area (Å²) in [6.45, 7) is 3.55. The van der Waals surface area contributed by atoms with Gasteiger partial charge in [-0.15, -0.1) is 0 Å². The fraction of sp³-hybridized carbons (Fsp3) is 0.833. The van der Waals surface area contributed by atoms with Gasteiger partial charge in [-0.1, -0.05) is 0 Å². The Morgan fingerprint density at radius 3 is 2.44 bits per heavy atom. The molecule has 0 aliphatic carbocycles. The average molecular weight is 258 g/mol. The highest BCUT2D eigenvalue weighted by Crippen LogP contribution is 2.29. The van der Waals surface area contributed by atoms with Crippen molar-refractivity contribution in [2.24, 2.45) is 5.41 Å². The van der Waals surface area contributed by atoms with Crippen LogP contribution in [0, 0.1) is 5.41 Å². The lowest BCUT2D eigenvalue weighted by Crippen LogP contribution is -2.53. The van der Waals surface area contributed by atoms with Crippen LogP contribution in [-0.2, 0) is 19.1 Å². The van der Waals surface area contributed by atoms with Gasteiger partial charge in [0.05, 0.1) is 19.1 Å². The molecular formula is C12H22N2O4. The second-order valence-corrected chi connectivity index (χ2v) is 4.68. The second-order valence-electron chi connectivity index (χ2n) is 4.68. The maximum Gasteiger partial charge on any atom is 0.328 e. The molecule has 1 heterocycles. The lowest BCUT2D eigenvalue weighted by Gasteiger charge is -2.36. The van der Waals surface area contributed by atoms with Gasteiger partial charge in [-0.3, -0.25) is 4.79 Å². The summed E-state index contributed by atoms with van der Waals surface area (Å²) in [6.07, 6.45) is 1.42. The summed E-state index contributed by atoms with van der Waals surface area (Å²) >= 11 is 0. The number of amides is 1. The lowest BCUT2D eigenvalue weighted by molar-refractivity contribution is -0.147. The molecular weight excluding hydrogens is 236 g/mol.